The summed E-state index contributed by atoms with van der Waals surface area (Å²) in [6.45, 7) is 2.02. The highest BCUT2D eigenvalue weighted by Gasteiger charge is 2.55. The Balaban J connectivity index is 2.19. The van der Waals surface area contributed by atoms with Crippen molar-refractivity contribution >= 4 is 5.57 Å². The molecule has 15 heavy (non-hydrogen) atoms. The molecule has 1 aromatic carbocycles. The highest BCUT2D eigenvalue weighted by Crippen LogP contribution is 2.56. The summed E-state index contributed by atoms with van der Waals surface area (Å²) < 4.78 is 26.8. The number of benzene rings is 1. The highest BCUT2D eigenvalue weighted by atomic mass is 19.3. The van der Waals surface area contributed by atoms with Crippen molar-refractivity contribution in [2.75, 3.05) is 0 Å². The Morgan fingerprint density at radius 3 is 2.40 bits per heavy atom. The highest BCUT2D eigenvalue weighted by molar-refractivity contribution is 5.90. The van der Waals surface area contributed by atoms with Gasteiger partial charge in [-0.3, -0.25) is 0 Å². The molecule has 0 N–H and O–H groups in total. The van der Waals surface area contributed by atoms with Crippen molar-refractivity contribution in [3.63, 3.8) is 0 Å². The zero-order valence-corrected chi connectivity index (χ0v) is 8.76. The Hall–Kier alpha value is -1.18. The molecule has 0 unspecified atom stereocenters. The van der Waals surface area contributed by atoms with Gasteiger partial charge < -0.3 is 0 Å². The summed E-state index contributed by atoms with van der Waals surface area (Å²) >= 11 is 0. The first kappa shape index (κ1) is 10.3. The van der Waals surface area contributed by atoms with Crippen molar-refractivity contribution in [1.82, 2.24) is 0 Å². The van der Waals surface area contributed by atoms with Gasteiger partial charge in [-0.15, -0.1) is 0 Å². The molecule has 0 spiro atoms. The van der Waals surface area contributed by atoms with Crippen molar-refractivity contribution < 1.29 is 8.78 Å². The first-order valence-corrected chi connectivity index (χ1v) is 5.35. The molecule has 2 heteroatoms. The minimum Gasteiger partial charge on any atom is -0.196 e. The number of allylic oxidation sites excluding steroid dienone is 2. The number of alkyl halides is 2. The maximum atomic E-state index is 13.4. The minimum absolute atomic E-state index is 0.261. The second kappa shape index (κ2) is 3.76. The van der Waals surface area contributed by atoms with Gasteiger partial charge in [-0.2, -0.15) is 8.78 Å². The number of rotatable bonds is 4. The average molecular weight is 208 g/mol. The molecule has 0 saturated heterocycles. The minimum atomic E-state index is -2.63. The molecule has 0 aromatic heterocycles. The fourth-order valence-electron chi connectivity index (χ4n) is 1.88. The Bertz CT molecular complexity index is 377. The van der Waals surface area contributed by atoms with Gasteiger partial charge in [0, 0.05) is 11.1 Å². The van der Waals surface area contributed by atoms with Crippen LogP contribution in [0.25, 0.3) is 5.57 Å². The van der Waals surface area contributed by atoms with E-state index in [1.165, 1.54) is 0 Å². The van der Waals surface area contributed by atoms with E-state index in [-0.39, 0.29) is 5.57 Å². The predicted molar refractivity (Wildman–Crippen MR) is 57.8 cm³/mol. The van der Waals surface area contributed by atoms with Crippen LogP contribution in [-0.2, 0) is 0 Å². The third-order valence-corrected chi connectivity index (χ3v) is 2.78. The molecule has 1 aromatic rings. The summed E-state index contributed by atoms with van der Waals surface area (Å²) in [7, 11) is 0. The van der Waals surface area contributed by atoms with Crippen molar-refractivity contribution in [3.05, 3.63) is 41.5 Å². The second-order valence-corrected chi connectivity index (χ2v) is 3.90. The van der Waals surface area contributed by atoms with Gasteiger partial charge in [-0.05, 0) is 18.4 Å². The van der Waals surface area contributed by atoms with Crippen LogP contribution in [0.1, 0.15) is 31.7 Å². The Morgan fingerprint density at radius 1 is 1.13 bits per heavy atom. The van der Waals surface area contributed by atoms with E-state index < -0.39 is 5.92 Å². The number of unbranched alkanes of at least 4 members (excludes halogenated alkanes) is 1. The SMILES string of the molecule is CCCCC1=C(c2ccccc2)C1(F)F. The van der Waals surface area contributed by atoms with Crippen LogP contribution in [0, 0.1) is 0 Å². The Kier molecular flexibility index (Phi) is 2.59. The van der Waals surface area contributed by atoms with Gasteiger partial charge >= 0.3 is 0 Å². The van der Waals surface area contributed by atoms with E-state index in [1.807, 2.05) is 13.0 Å². The number of hydrogen-bond donors (Lipinski definition) is 0. The van der Waals surface area contributed by atoms with E-state index in [4.69, 9.17) is 0 Å². The quantitative estimate of drug-likeness (QED) is 0.692. The first-order chi connectivity index (χ1) is 7.18. The average Bonchev–Trinajstić information content (AvgIpc) is 2.79. The molecule has 0 bridgehead atoms. The van der Waals surface area contributed by atoms with Gasteiger partial charge in [0.2, 0.25) is 0 Å². The van der Waals surface area contributed by atoms with Crippen molar-refractivity contribution in [3.8, 4) is 0 Å². The third kappa shape index (κ3) is 1.81. The lowest BCUT2D eigenvalue weighted by Crippen LogP contribution is -1.97. The molecule has 0 radical (unpaired) electrons. The van der Waals surface area contributed by atoms with Gasteiger partial charge in [0.25, 0.3) is 5.92 Å². The normalized spacial score (nSPS) is 18.1. The fourth-order valence-corrected chi connectivity index (χ4v) is 1.88. The van der Waals surface area contributed by atoms with Crippen LogP contribution in [0.5, 0.6) is 0 Å². The predicted octanol–water partition coefficient (Wildman–Crippen LogP) is 4.28. The van der Waals surface area contributed by atoms with Crippen LogP contribution in [0.4, 0.5) is 8.78 Å². The van der Waals surface area contributed by atoms with E-state index in [1.54, 1.807) is 24.3 Å². The van der Waals surface area contributed by atoms with Gasteiger partial charge in [-0.1, -0.05) is 43.7 Å². The van der Waals surface area contributed by atoms with E-state index in [2.05, 4.69) is 0 Å². The van der Waals surface area contributed by atoms with Gasteiger partial charge in [0.1, 0.15) is 0 Å². The van der Waals surface area contributed by atoms with Crippen LogP contribution >= 0.6 is 0 Å². The molecule has 0 amide bonds. The Labute approximate surface area is 88.6 Å². The fraction of sp³-hybridized carbons (Fsp3) is 0.385. The maximum Gasteiger partial charge on any atom is 0.296 e. The van der Waals surface area contributed by atoms with Crippen LogP contribution in [-0.4, -0.2) is 5.92 Å². The molecule has 0 fully saturated rings. The first-order valence-electron chi connectivity index (χ1n) is 5.35. The summed E-state index contributed by atoms with van der Waals surface area (Å²) in [4.78, 5) is 0. The molecular weight excluding hydrogens is 194 g/mol. The van der Waals surface area contributed by atoms with Gasteiger partial charge in [0.05, 0.1) is 0 Å². The van der Waals surface area contributed by atoms with Gasteiger partial charge in [-0.25, -0.2) is 0 Å². The van der Waals surface area contributed by atoms with Gasteiger partial charge in [0.15, 0.2) is 0 Å². The standard InChI is InChI=1S/C13H14F2/c1-2-3-9-11-12(13(11,14)15)10-7-5-4-6-8-10/h4-8H,2-3,9H2,1H3. The maximum absolute atomic E-state index is 13.4. The lowest BCUT2D eigenvalue weighted by Gasteiger charge is -1.97. The smallest absolute Gasteiger partial charge is 0.196 e. The van der Waals surface area contributed by atoms with Crippen molar-refractivity contribution in [2.24, 2.45) is 0 Å². The van der Waals surface area contributed by atoms with Crippen LogP contribution in [0.3, 0.4) is 0 Å². The zero-order valence-electron chi connectivity index (χ0n) is 8.76. The molecule has 2 rings (SSSR count). The molecule has 0 heterocycles. The Morgan fingerprint density at radius 2 is 1.80 bits per heavy atom. The summed E-state index contributed by atoms with van der Waals surface area (Å²) in [6.07, 6.45) is 2.34. The van der Waals surface area contributed by atoms with Crippen molar-refractivity contribution in [2.45, 2.75) is 32.1 Å². The van der Waals surface area contributed by atoms with E-state index in [9.17, 15) is 8.78 Å². The van der Waals surface area contributed by atoms with Crippen LogP contribution in [0.15, 0.2) is 35.9 Å². The summed E-state index contributed by atoms with van der Waals surface area (Å²) in [6, 6.07) is 8.95. The molecule has 0 saturated carbocycles. The molecule has 0 nitrogen and oxygen atoms in total. The summed E-state index contributed by atoms with van der Waals surface area (Å²) in [5, 5.41) is 0. The van der Waals surface area contributed by atoms with E-state index >= 15 is 0 Å². The third-order valence-electron chi connectivity index (χ3n) is 2.78. The largest absolute Gasteiger partial charge is 0.296 e. The topological polar surface area (TPSA) is 0 Å². The van der Waals surface area contributed by atoms with E-state index in [0.29, 0.717) is 17.6 Å². The lowest BCUT2D eigenvalue weighted by atomic mass is 10.1. The monoisotopic (exact) mass is 208 g/mol. The molecule has 0 aliphatic heterocycles. The van der Waals surface area contributed by atoms with Crippen LogP contribution < -0.4 is 0 Å². The molecule has 1 aliphatic rings. The molecule has 0 atom stereocenters. The number of hydrogen-bond acceptors (Lipinski definition) is 0. The zero-order chi connectivity index (χ0) is 10.9. The second-order valence-electron chi connectivity index (χ2n) is 3.90. The number of halogens is 2. The molecular formula is C13H14F2. The molecule has 80 valence electrons. The summed E-state index contributed by atoms with van der Waals surface area (Å²) in [5.41, 5.74) is 1.28. The van der Waals surface area contributed by atoms with E-state index in [0.717, 1.165) is 12.8 Å². The van der Waals surface area contributed by atoms with Crippen LogP contribution in [0.2, 0.25) is 0 Å². The summed E-state index contributed by atoms with van der Waals surface area (Å²) in [5.74, 6) is -2.63. The lowest BCUT2D eigenvalue weighted by molar-refractivity contribution is 0.146. The van der Waals surface area contributed by atoms with Crippen molar-refractivity contribution in [1.29, 1.82) is 0 Å². The molecule has 1 aliphatic carbocycles.